The number of halogens is 2. The Hall–Kier alpha value is -0.800. The Bertz CT molecular complexity index is 592. The maximum atomic E-state index is 6.23. The van der Waals surface area contributed by atoms with Crippen LogP contribution in [0.15, 0.2) is 28.7 Å². The molecule has 0 bridgehead atoms. The van der Waals surface area contributed by atoms with Gasteiger partial charge >= 0.3 is 0 Å². The zero-order valence-corrected chi connectivity index (χ0v) is 14.5. The second-order valence-corrected chi connectivity index (χ2v) is 6.18. The second-order valence-electron chi connectivity index (χ2n) is 5.07. The van der Waals surface area contributed by atoms with Crippen LogP contribution in [0.4, 0.5) is 0 Å². The van der Waals surface area contributed by atoms with E-state index in [1.165, 1.54) is 16.8 Å². The lowest BCUT2D eigenvalue weighted by Gasteiger charge is -2.17. The molecule has 0 amide bonds. The summed E-state index contributed by atoms with van der Waals surface area (Å²) < 4.78 is 3.18. The van der Waals surface area contributed by atoms with Crippen LogP contribution >= 0.6 is 27.5 Å². The molecule has 1 atom stereocenters. The topological polar surface area (TPSA) is 17.8 Å². The fraction of sp³-hybridized carbons (Fsp3) is 0.438. The third-order valence-electron chi connectivity index (χ3n) is 3.71. The minimum Gasteiger partial charge on any atom is -0.268 e. The molecule has 1 aromatic heterocycles. The third kappa shape index (κ3) is 3.09. The zero-order valence-electron chi connectivity index (χ0n) is 12.2. The fourth-order valence-corrected chi connectivity index (χ4v) is 3.31. The van der Waals surface area contributed by atoms with Gasteiger partial charge in [-0.1, -0.05) is 24.3 Å². The predicted molar refractivity (Wildman–Crippen MR) is 88.7 cm³/mol. The van der Waals surface area contributed by atoms with E-state index in [4.69, 9.17) is 11.6 Å². The van der Waals surface area contributed by atoms with Gasteiger partial charge in [-0.2, -0.15) is 5.10 Å². The van der Waals surface area contributed by atoms with E-state index in [2.05, 4.69) is 63.8 Å². The van der Waals surface area contributed by atoms with Crippen LogP contribution in [-0.4, -0.2) is 15.7 Å². The highest BCUT2D eigenvalue weighted by molar-refractivity contribution is 9.10. The summed E-state index contributed by atoms with van der Waals surface area (Å²) in [4.78, 5) is 0. The van der Waals surface area contributed by atoms with E-state index in [9.17, 15) is 0 Å². The number of rotatable bonds is 5. The Balaban J connectivity index is 2.34. The molecule has 2 rings (SSSR count). The van der Waals surface area contributed by atoms with E-state index >= 15 is 0 Å². The summed E-state index contributed by atoms with van der Waals surface area (Å²) in [6.45, 7) is 7.17. The molecule has 4 heteroatoms. The van der Waals surface area contributed by atoms with E-state index < -0.39 is 0 Å². The van der Waals surface area contributed by atoms with Crippen molar-refractivity contribution in [1.29, 1.82) is 0 Å². The van der Waals surface area contributed by atoms with Crippen LogP contribution in [0.2, 0.25) is 0 Å². The summed E-state index contributed by atoms with van der Waals surface area (Å²) in [6, 6.07) is 8.47. The molecular weight excluding hydrogens is 336 g/mol. The summed E-state index contributed by atoms with van der Waals surface area (Å²) in [5.74, 6) is 0.932. The van der Waals surface area contributed by atoms with Crippen LogP contribution in [0, 0.1) is 13.8 Å². The molecule has 0 spiro atoms. The number of hydrogen-bond acceptors (Lipinski definition) is 1. The van der Waals surface area contributed by atoms with Crippen molar-refractivity contribution in [1.82, 2.24) is 9.78 Å². The van der Waals surface area contributed by atoms with Crippen LogP contribution < -0.4 is 0 Å². The highest BCUT2D eigenvalue weighted by Gasteiger charge is 2.19. The van der Waals surface area contributed by atoms with Crippen LogP contribution in [0.3, 0.4) is 0 Å². The first-order valence-corrected chi connectivity index (χ1v) is 8.24. The molecule has 0 aliphatic heterocycles. The number of alkyl halides is 1. The average Bonchev–Trinajstić information content (AvgIpc) is 2.73. The van der Waals surface area contributed by atoms with Gasteiger partial charge in [0, 0.05) is 18.3 Å². The van der Waals surface area contributed by atoms with Gasteiger partial charge in [0.1, 0.15) is 0 Å². The molecule has 0 N–H and O–H groups in total. The summed E-state index contributed by atoms with van der Waals surface area (Å²) in [5.41, 5.74) is 4.91. The Morgan fingerprint density at radius 1 is 1.30 bits per heavy atom. The highest BCUT2D eigenvalue weighted by atomic mass is 79.9. The molecular formula is C16H20BrClN2. The third-order valence-corrected chi connectivity index (χ3v) is 5.11. The number of hydrogen-bond donors (Lipinski definition) is 0. The predicted octanol–water partition coefficient (Wildman–Crippen LogP) is 4.85. The molecule has 0 fully saturated rings. The van der Waals surface area contributed by atoms with Gasteiger partial charge in [0.15, 0.2) is 0 Å². The molecule has 0 radical (unpaired) electrons. The zero-order chi connectivity index (χ0) is 14.7. The fourth-order valence-electron chi connectivity index (χ4n) is 2.59. The minimum atomic E-state index is 0.315. The molecule has 0 saturated carbocycles. The second kappa shape index (κ2) is 6.77. The lowest BCUT2D eigenvalue weighted by Crippen LogP contribution is -2.11. The molecule has 0 saturated heterocycles. The smallest absolute Gasteiger partial charge is 0.0738 e. The van der Waals surface area contributed by atoms with Gasteiger partial charge in [0.05, 0.1) is 15.9 Å². The van der Waals surface area contributed by atoms with Crippen LogP contribution in [-0.2, 0) is 13.0 Å². The molecule has 20 heavy (non-hydrogen) atoms. The minimum absolute atomic E-state index is 0.315. The van der Waals surface area contributed by atoms with Crippen molar-refractivity contribution in [3.05, 3.63) is 51.3 Å². The molecule has 0 aliphatic carbocycles. The average molecular weight is 356 g/mol. The molecule has 2 nitrogen and oxygen atoms in total. The SMILES string of the molecule is CCn1nc(C)c(Br)c1CC(CCl)c1ccccc1C. The first-order valence-electron chi connectivity index (χ1n) is 6.91. The van der Waals surface area contributed by atoms with Crippen molar-refractivity contribution in [2.45, 2.75) is 39.7 Å². The molecule has 1 aromatic carbocycles. The van der Waals surface area contributed by atoms with Crippen molar-refractivity contribution in [3.8, 4) is 0 Å². The first kappa shape index (κ1) is 15.6. The number of aromatic nitrogens is 2. The van der Waals surface area contributed by atoms with Gasteiger partial charge < -0.3 is 0 Å². The Morgan fingerprint density at radius 2 is 2.00 bits per heavy atom. The van der Waals surface area contributed by atoms with Crippen molar-refractivity contribution in [2.75, 3.05) is 5.88 Å². The largest absolute Gasteiger partial charge is 0.268 e. The van der Waals surface area contributed by atoms with E-state index in [0.29, 0.717) is 11.8 Å². The number of benzene rings is 1. The lowest BCUT2D eigenvalue weighted by molar-refractivity contribution is 0.594. The normalized spacial score (nSPS) is 12.7. The van der Waals surface area contributed by atoms with Crippen molar-refractivity contribution < 1.29 is 0 Å². The van der Waals surface area contributed by atoms with Crippen molar-refractivity contribution >= 4 is 27.5 Å². The molecule has 2 aromatic rings. The number of nitrogens with zero attached hydrogens (tertiary/aromatic N) is 2. The maximum absolute atomic E-state index is 6.23. The quantitative estimate of drug-likeness (QED) is 0.701. The molecule has 1 unspecified atom stereocenters. The maximum Gasteiger partial charge on any atom is 0.0738 e. The van der Waals surface area contributed by atoms with E-state index in [1.54, 1.807) is 0 Å². The Labute approximate surface area is 134 Å². The van der Waals surface area contributed by atoms with Gasteiger partial charge in [-0.25, -0.2) is 0 Å². The first-order chi connectivity index (χ1) is 9.58. The van der Waals surface area contributed by atoms with Gasteiger partial charge in [0.2, 0.25) is 0 Å². The van der Waals surface area contributed by atoms with Gasteiger partial charge in [-0.3, -0.25) is 4.68 Å². The van der Waals surface area contributed by atoms with E-state index in [1.807, 2.05) is 6.92 Å². The molecule has 108 valence electrons. The molecule has 0 aliphatic rings. The standard InChI is InChI=1S/C16H20BrClN2/c1-4-20-15(16(17)12(3)19-20)9-13(10-18)14-8-6-5-7-11(14)2/h5-8,13H,4,9-10H2,1-3H3. The van der Waals surface area contributed by atoms with Crippen LogP contribution in [0.1, 0.15) is 35.4 Å². The lowest BCUT2D eigenvalue weighted by atomic mass is 9.92. The Morgan fingerprint density at radius 3 is 2.60 bits per heavy atom. The Kier molecular flexibility index (Phi) is 5.28. The monoisotopic (exact) mass is 354 g/mol. The van der Waals surface area contributed by atoms with Crippen LogP contribution in [0.25, 0.3) is 0 Å². The number of aryl methyl sites for hydroxylation is 3. The van der Waals surface area contributed by atoms with Crippen molar-refractivity contribution in [2.24, 2.45) is 0 Å². The van der Waals surface area contributed by atoms with Gasteiger partial charge in [-0.05, 0) is 54.2 Å². The highest BCUT2D eigenvalue weighted by Crippen LogP contribution is 2.30. The van der Waals surface area contributed by atoms with E-state index in [0.717, 1.165) is 23.1 Å². The summed E-state index contributed by atoms with van der Waals surface area (Å²) in [6.07, 6.45) is 0.906. The van der Waals surface area contributed by atoms with Gasteiger partial charge in [0.25, 0.3) is 0 Å². The summed E-state index contributed by atoms with van der Waals surface area (Å²) >= 11 is 9.90. The van der Waals surface area contributed by atoms with Gasteiger partial charge in [-0.15, -0.1) is 11.6 Å². The van der Waals surface area contributed by atoms with Crippen LogP contribution in [0.5, 0.6) is 0 Å². The summed E-state index contributed by atoms with van der Waals surface area (Å²) in [7, 11) is 0. The summed E-state index contributed by atoms with van der Waals surface area (Å²) in [5, 5.41) is 4.56. The van der Waals surface area contributed by atoms with E-state index in [-0.39, 0.29) is 0 Å². The van der Waals surface area contributed by atoms with Crippen molar-refractivity contribution in [3.63, 3.8) is 0 Å². The molecule has 1 heterocycles.